The fourth-order valence-electron chi connectivity index (χ4n) is 3.90. The predicted octanol–water partition coefficient (Wildman–Crippen LogP) is 2.71. The van der Waals surface area contributed by atoms with Gasteiger partial charge in [0.1, 0.15) is 0 Å². The van der Waals surface area contributed by atoms with Gasteiger partial charge in [-0.1, -0.05) is 12.1 Å². The quantitative estimate of drug-likeness (QED) is 0.658. The van der Waals surface area contributed by atoms with Crippen LogP contribution in [-0.2, 0) is 22.1 Å². The van der Waals surface area contributed by atoms with Crippen LogP contribution in [-0.4, -0.2) is 88.1 Å². The molecule has 0 spiro atoms. The maximum Gasteiger partial charge on any atom is 0.416 e. The van der Waals surface area contributed by atoms with Crippen molar-refractivity contribution >= 4 is 24.8 Å². The van der Waals surface area contributed by atoms with Gasteiger partial charge in [-0.2, -0.15) is 13.2 Å². The lowest BCUT2D eigenvalue weighted by atomic mass is 10.0. The Morgan fingerprint density at radius 3 is 2.37 bits per heavy atom. The maximum atomic E-state index is 12.7. The lowest BCUT2D eigenvalue weighted by Crippen LogP contribution is -2.54. The topological polar surface area (TPSA) is 37.0 Å². The van der Waals surface area contributed by atoms with E-state index in [1.165, 1.54) is 12.1 Å². The normalized spacial score (nSPS) is 23.5. The van der Waals surface area contributed by atoms with Crippen LogP contribution >= 0.6 is 24.8 Å². The van der Waals surface area contributed by atoms with Gasteiger partial charge in [0.2, 0.25) is 0 Å². The lowest BCUT2D eigenvalue weighted by molar-refractivity contribution is -0.137. The third kappa shape index (κ3) is 8.49. The Balaban J connectivity index is 0.00000225. The van der Waals surface area contributed by atoms with E-state index in [-0.39, 0.29) is 37.0 Å². The number of hydrogen-bond acceptors (Lipinski definition) is 5. The molecule has 1 aromatic carbocycles. The molecule has 1 aromatic rings. The number of methoxy groups -OCH3 is 1. The highest BCUT2D eigenvalue weighted by atomic mass is 35.5. The molecule has 2 heterocycles. The van der Waals surface area contributed by atoms with Crippen molar-refractivity contribution in [3.05, 3.63) is 35.4 Å². The van der Waals surface area contributed by atoms with Gasteiger partial charge in [0.05, 0.1) is 24.9 Å². The Kier molecular flexibility index (Phi) is 11.9. The summed E-state index contributed by atoms with van der Waals surface area (Å²) >= 11 is 0. The number of piperazine rings is 1. The molecule has 0 bridgehead atoms. The molecule has 0 amide bonds. The van der Waals surface area contributed by atoms with Crippen LogP contribution < -0.4 is 5.32 Å². The first-order chi connectivity index (χ1) is 13.4. The Hall–Kier alpha value is -0.610. The zero-order valence-corrected chi connectivity index (χ0v) is 18.8. The van der Waals surface area contributed by atoms with Crippen molar-refractivity contribution in [3.63, 3.8) is 0 Å². The average molecular weight is 474 g/mol. The summed E-state index contributed by atoms with van der Waals surface area (Å²) in [7, 11) is 1.69. The molecule has 0 radical (unpaired) electrons. The number of alkyl halides is 3. The second-order valence-corrected chi connectivity index (χ2v) is 7.60. The van der Waals surface area contributed by atoms with E-state index >= 15 is 0 Å². The average Bonchev–Trinajstić information content (AvgIpc) is 2.67. The monoisotopic (exact) mass is 473 g/mol. The second-order valence-electron chi connectivity index (χ2n) is 7.60. The molecule has 174 valence electrons. The summed E-state index contributed by atoms with van der Waals surface area (Å²) in [6.07, 6.45) is -3.39. The highest BCUT2D eigenvalue weighted by molar-refractivity contribution is 5.85. The van der Waals surface area contributed by atoms with Crippen molar-refractivity contribution in [2.45, 2.75) is 24.7 Å². The number of morpholine rings is 1. The molecule has 1 unspecified atom stereocenters. The summed E-state index contributed by atoms with van der Waals surface area (Å²) in [6, 6.07) is 5.78. The number of halogens is 5. The van der Waals surface area contributed by atoms with E-state index in [1.54, 1.807) is 19.2 Å². The highest BCUT2D eigenvalue weighted by Gasteiger charge is 2.30. The molecule has 3 rings (SSSR count). The first-order valence-electron chi connectivity index (χ1n) is 9.89. The van der Waals surface area contributed by atoms with Crippen molar-refractivity contribution in [1.82, 2.24) is 15.1 Å². The van der Waals surface area contributed by atoms with Gasteiger partial charge in [0.25, 0.3) is 0 Å². The van der Waals surface area contributed by atoms with Gasteiger partial charge in [0, 0.05) is 59.0 Å². The SMILES string of the molecule is COC[C@H]1CN(CCN2CCNC(Cc3ccc(C(F)(F)F)cc3)C2)CCO1.Cl.Cl. The van der Waals surface area contributed by atoms with Crippen LogP contribution in [0.15, 0.2) is 24.3 Å². The third-order valence-electron chi connectivity index (χ3n) is 5.41. The van der Waals surface area contributed by atoms with Gasteiger partial charge in [-0.25, -0.2) is 0 Å². The van der Waals surface area contributed by atoms with E-state index in [2.05, 4.69) is 15.1 Å². The number of benzene rings is 1. The van der Waals surface area contributed by atoms with E-state index in [9.17, 15) is 13.2 Å². The van der Waals surface area contributed by atoms with Crippen LogP contribution in [0.2, 0.25) is 0 Å². The van der Waals surface area contributed by atoms with Gasteiger partial charge >= 0.3 is 6.18 Å². The van der Waals surface area contributed by atoms with Gasteiger partial charge in [0.15, 0.2) is 0 Å². The van der Waals surface area contributed by atoms with Crippen molar-refractivity contribution in [3.8, 4) is 0 Å². The smallest absolute Gasteiger partial charge is 0.382 e. The number of nitrogens with one attached hydrogen (secondary N) is 1. The first-order valence-corrected chi connectivity index (χ1v) is 9.89. The number of rotatable bonds is 7. The molecule has 0 aliphatic carbocycles. The molecule has 0 aromatic heterocycles. The van der Waals surface area contributed by atoms with E-state index < -0.39 is 11.7 Å². The fraction of sp³-hybridized carbons (Fsp3) is 0.700. The van der Waals surface area contributed by atoms with Crippen LogP contribution in [0.25, 0.3) is 0 Å². The van der Waals surface area contributed by atoms with Crippen molar-refractivity contribution < 1.29 is 22.6 Å². The molecule has 5 nitrogen and oxygen atoms in total. The molecule has 10 heteroatoms. The van der Waals surface area contributed by atoms with Crippen molar-refractivity contribution in [1.29, 1.82) is 0 Å². The molecule has 2 saturated heterocycles. The van der Waals surface area contributed by atoms with E-state index in [4.69, 9.17) is 9.47 Å². The van der Waals surface area contributed by atoms with Crippen LogP contribution in [0, 0.1) is 0 Å². The molecular formula is C20H32Cl2F3N3O2. The minimum Gasteiger partial charge on any atom is -0.382 e. The van der Waals surface area contributed by atoms with Crippen molar-refractivity contribution in [2.75, 3.05) is 66.1 Å². The largest absolute Gasteiger partial charge is 0.416 e. The molecule has 2 fully saturated rings. The van der Waals surface area contributed by atoms with Crippen LogP contribution in [0.5, 0.6) is 0 Å². The molecule has 2 atom stereocenters. The van der Waals surface area contributed by atoms with Crippen LogP contribution in [0.1, 0.15) is 11.1 Å². The minimum atomic E-state index is -4.28. The summed E-state index contributed by atoms with van der Waals surface area (Å²) in [5.74, 6) is 0. The zero-order valence-electron chi connectivity index (χ0n) is 17.2. The standard InChI is InChI=1S/C20H30F3N3O2.2ClH/c1-27-15-19-14-26(10-11-28-19)9-8-25-7-6-24-18(13-25)12-16-2-4-17(5-3-16)20(21,22)23;;/h2-5,18-19,24H,6-15H2,1H3;2*1H/t18?,19-;;/m1../s1. The van der Waals surface area contributed by atoms with E-state index in [0.29, 0.717) is 6.61 Å². The molecule has 2 aliphatic heterocycles. The number of hydrogen-bond donors (Lipinski definition) is 1. The summed E-state index contributed by atoms with van der Waals surface area (Å²) in [4.78, 5) is 4.85. The minimum absolute atomic E-state index is 0. The lowest BCUT2D eigenvalue weighted by Gasteiger charge is -2.37. The Labute approximate surface area is 189 Å². The molecule has 2 aliphatic rings. The summed E-state index contributed by atoms with van der Waals surface area (Å²) in [6.45, 7) is 8.01. The van der Waals surface area contributed by atoms with Crippen molar-refractivity contribution in [2.24, 2.45) is 0 Å². The number of nitrogens with zero attached hydrogens (tertiary/aromatic N) is 2. The molecule has 30 heavy (non-hydrogen) atoms. The summed E-state index contributed by atoms with van der Waals surface area (Å²) in [5.41, 5.74) is 0.342. The Bertz CT molecular complexity index is 606. The molecule has 1 N–H and O–H groups in total. The second kappa shape index (κ2) is 13.1. The maximum absolute atomic E-state index is 12.7. The molecular weight excluding hydrogens is 442 g/mol. The third-order valence-corrected chi connectivity index (χ3v) is 5.41. The molecule has 0 saturated carbocycles. The van der Waals surface area contributed by atoms with E-state index in [0.717, 1.165) is 64.4 Å². The summed E-state index contributed by atoms with van der Waals surface area (Å²) in [5, 5.41) is 3.49. The summed E-state index contributed by atoms with van der Waals surface area (Å²) < 4.78 is 49.0. The fourth-order valence-corrected chi connectivity index (χ4v) is 3.90. The van der Waals surface area contributed by atoms with Gasteiger partial charge in [-0.05, 0) is 24.1 Å². The Morgan fingerprint density at radius 2 is 1.73 bits per heavy atom. The van der Waals surface area contributed by atoms with Gasteiger partial charge in [-0.3, -0.25) is 9.80 Å². The zero-order chi connectivity index (χ0) is 20.0. The highest BCUT2D eigenvalue weighted by Crippen LogP contribution is 2.29. The van der Waals surface area contributed by atoms with Gasteiger partial charge in [-0.15, -0.1) is 24.8 Å². The predicted molar refractivity (Wildman–Crippen MR) is 116 cm³/mol. The van der Waals surface area contributed by atoms with E-state index in [1.807, 2.05) is 0 Å². The first kappa shape index (κ1) is 27.4. The van der Waals surface area contributed by atoms with Crippen LogP contribution in [0.4, 0.5) is 13.2 Å². The van der Waals surface area contributed by atoms with Crippen LogP contribution in [0.3, 0.4) is 0 Å². The van der Waals surface area contributed by atoms with Gasteiger partial charge < -0.3 is 14.8 Å². The Morgan fingerprint density at radius 1 is 1.07 bits per heavy atom. The number of ether oxygens (including phenoxy) is 2.